The summed E-state index contributed by atoms with van der Waals surface area (Å²) in [5, 5.41) is 30.5. The topological polar surface area (TPSA) is 121 Å². The molecule has 3 N–H and O–H groups in total. The lowest BCUT2D eigenvalue weighted by Crippen LogP contribution is -2.42. The van der Waals surface area contributed by atoms with Crippen molar-refractivity contribution in [2.24, 2.45) is 0 Å². The molecule has 1 aliphatic carbocycles. The lowest BCUT2D eigenvalue weighted by Gasteiger charge is -2.41. The number of halogens is 1. The van der Waals surface area contributed by atoms with Crippen molar-refractivity contribution in [1.82, 2.24) is 20.2 Å². The van der Waals surface area contributed by atoms with Crippen LogP contribution in [0.1, 0.15) is 47.5 Å². The first kappa shape index (κ1) is 22.4. The fraction of sp³-hybridized carbons (Fsp3) is 0.409. The monoisotopic (exact) mass is 457 g/mol. The van der Waals surface area contributed by atoms with Crippen molar-refractivity contribution in [2.45, 2.75) is 43.6 Å². The summed E-state index contributed by atoms with van der Waals surface area (Å²) in [5.74, 6) is 0.151. The van der Waals surface area contributed by atoms with E-state index in [1.165, 1.54) is 23.6 Å². The molecule has 168 valence electrons. The zero-order valence-corrected chi connectivity index (χ0v) is 18.2. The quantitative estimate of drug-likeness (QED) is 0.397. The van der Waals surface area contributed by atoms with Gasteiger partial charge < -0.3 is 15.5 Å². The second kappa shape index (κ2) is 9.76. The largest absolute Gasteiger partial charge is 0.394 e. The average molecular weight is 458 g/mol. The highest BCUT2D eigenvalue weighted by atomic mass is 32.1. The normalized spacial score (nSPS) is 15.7. The van der Waals surface area contributed by atoms with Crippen molar-refractivity contribution in [1.29, 1.82) is 0 Å². The summed E-state index contributed by atoms with van der Waals surface area (Å²) in [6.45, 7) is 0.152. The van der Waals surface area contributed by atoms with Gasteiger partial charge in [0.15, 0.2) is 5.78 Å². The highest BCUT2D eigenvalue weighted by Gasteiger charge is 2.41. The van der Waals surface area contributed by atoms with E-state index < -0.39 is 6.10 Å². The van der Waals surface area contributed by atoms with Gasteiger partial charge in [-0.25, -0.2) is 9.37 Å². The van der Waals surface area contributed by atoms with Gasteiger partial charge in [0.05, 0.1) is 23.3 Å². The second-order valence-electron chi connectivity index (χ2n) is 7.95. The number of carbonyl (C=O) groups excluding carboxylic acids is 1. The van der Waals surface area contributed by atoms with Gasteiger partial charge in [-0.1, -0.05) is 6.42 Å². The molecule has 0 saturated heterocycles. The Labute approximate surface area is 188 Å². The molecule has 8 nitrogen and oxygen atoms in total. The van der Waals surface area contributed by atoms with Gasteiger partial charge in [0, 0.05) is 30.8 Å². The number of aliphatic hydroxyl groups excluding tert-OH is 2. The fourth-order valence-corrected chi connectivity index (χ4v) is 4.56. The lowest BCUT2D eigenvalue weighted by molar-refractivity contribution is 0.0781. The third-order valence-corrected chi connectivity index (χ3v) is 6.82. The third kappa shape index (κ3) is 4.82. The van der Waals surface area contributed by atoms with E-state index in [1.54, 1.807) is 24.4 Å². The first-order valence-corrected chi connectivity index (χ1v) is 11.3. The van der Waals surface area contributed by atoms with Crippen LogP contribution in [0.2, 0.25) is 0 Å². The molecule has 3 aromatic rings. The number of nitrogens with one attached hydrogen (secondary N) is 1. The van der Waals surface area contributed by atoms with E-state index in [2.05, 4.69) is 25.5 Å². The van der Waals surface area contributed by atoms with Gasteiger partial charge in [0.25, 0.3) is 0 Å². The zero-order chi connectivity index (χ0) is 22.6. The number of ketones is 1. The molecule has 0 unspecified atom stereocenters. The van der Waals surface area contributed by atoms with Crippen LogP contribution in [0.4, 0.5) is 10.2 Å². The van der Waals surface area contributed by atoms with Crippen molar-refractivity contribution in [3.05, 3.63) is 53.0 Å². The van der Waals surface area contributed by atoms with Crippen LogP contribution in [0.15, 0.2) is 36.7 Å². The van der Waals surface area contributed by atoms with Crippen LogP contribution < -0.4 is 5.32 Å². The number of thiazole rings is 1. The van der Waals surface area contributed by atoms with E-state index in [0.29, 0.717) is 33.6 Å². The van der Waals surface area contributed by atoms with Gasteiger partial charge >= 0.3 is 0 Å². The highest BCUT2D eigenvalue weighted by molar-refractivity contribution is 7.16. The molecule has 0 bridgehead atoms. The Hall–Kier alpha value is -2.82. The summed E-state index contributed by atoms with van der Waals surface area (Å²) in [4.78, 5) is 21.2. The number of aliphatic hydroxyl groups is 2. The predicted octanol–water partition coefficient (Wildman–Crippen LogP) is 2.98. The maximum Gasteiger partial charge on any atom is 0.174 e. The summed E-state index contributed by atoms with van der Waals surface area (Å²) in [6.07, 6.45) is 5.31. The fourth-order valence-electron chi connectivity index (χ4n) is 3.71. The second-order valence-corrected chi connectivity index (χ2v) is 8.98. The Bertz CT molecular complexity index is 1070. The minimum absolute atomic E-state index is 0.135. The van der Waals surface area contributed by atoms with E-state index in [1.807, 2.05) is 0 Å². The molecule has 3 aromatic heterocycles. The number of hydrogen-bond acceptors (Lipinski definition) is 9. The standard InChI is InChI=1S/C22H24FN5O3S/c23-15-3-1-10-24-20(15)22(8-2-9-22)13-26-19-7-5-16(27-28-19)21-25-11-18(32-21)17(31)6-4-14(30)12-29/h1,3,5,7,10-11,14,29-30H,2,4,6,8-9,12-13H2,(H,26,28)/t14-/m0/s1. The van der Waals surface area contributed by atoms with Gasteiger partial charge in [-0.05, 0) is 43.5 Å². The van der Waals surface area contributed by atoms with Crippen LogP contribution in [0.3, 0.4) is 0 Å². The molecule has 0 aromatic carbocycles. The molecule has 0 spiro atoms. The van der Waals surface area contributed by atoms with Gasteiger partial charge in [-0.15, -0.1) is 21.5 Å². The number of aromatic nitrogens is 4. The number of Topliss-reactive ketones (excluding diaryl/α,β-unsaturated/α-hetero) is 1. The molecule has 32 heavy (non-hydrogen) atoms. The molecule has 0 aliphatic heterocycles. The Kier molecular flexibility index (Phi) is 6.83. The maximum atomic E-state index is 14.3. The summed E-state index contributed by atoms with van der Waals surface area (Å²) < 4.78 is 14.3. The zero-order valence-electron chi connectivity index (χ0n) is 17.4. The van der Waals surface area contributed by atoms with Crippen molar-refractivity contribution in [2.75, 3.05) is 18.5 Å². The van der Waals surface area contributed by atoms with Crippen LogP contribution in [0.25, 0.3) is 10.7 Å². The molecule has 0 amide bonds. The van der Waals surface area contributed by atoms with Gasteiger partial charge in [0.2, 0.25) is 0 Å². The van der Waals surface area contributed by atoms with Crippen molar-refractivity contribution in [3.8, 4) is 10.7 Å². The van der Waals surface area contributed by atoms with Gasteiger partial charge in [-0.3, -0.25) is 9.78 Å². The predicted molar refractivity (Wildman–Crippen MR) is 118 cm³/mol. The van der Waals surface area contributed by atoms with Crippen LogP contribution in [0.5, 0.6) is 0 Å². The average Bonchev–Trinajstić information content (AvgIpc) is 3.28. The van der Waals surface area contributed by atoms with Crippen molar-refractivity contribution in [3.63, 3.8) is 0 Å². The lowest BCUT2D eigenvalue weighted by atomic mass is 9.66. The molecule has 0 radical (unpaired) electrons. The highest BCUT2D eigenvalue weighted by Crippen LogP contribution is 2.43. The van der Waals surface area contributed by atoms with Crippen molar-refractivity contribution < 1.29 is 19.4 Å². The number of nitrogens with zero attached hydrogens (tertiary/aromatic N) is 4. The molecular formula is C22H24FN5O3S. The summed E-state index contributed by atoms with van der Waals surface area (Å²) >= 11 is 1.21. The van der Waals surface area contributed by atoms with E-state index in [9.17, 15) is 14.3 Å². The molecule has 4 rings (SSSR count). The SMILES string of the molecule is O=C(CC[C@H](O)CO)c1cnc(-c2ccc(NCC3(c4ncccc4F)CCC3)nn2)s1. The number of hydrogen-bond donors (Lipinski definition) is 3. The van der Waals surface area contributed by atoms with Crippen LogP contribution in [0, 0.1) is 5.82 Å². The molecule has 1 fully saturated rings. The molecule has 10 heteroatoms. The maximum absolute atomic E-state index is 14.3. The Morgan fingerprint density at radius 1 is 1.25 bits per heavy atom. The number of anilines is 1. The van der Waals surface area contributed by atoms with E-state index in [0.717, 1.165) is 19.3 Å². The summed E-state index contributed by atoms with van der Waals surface area (Å²) in [6, 6.07) is 6.59. The molecule has 1 atom stereocenters. The minimum Gasteiger partial charge on any atom is -0.394 e. The van der Waals surface area contributed by atoms with Crippen LogP contribution >= 0.6 is 11.3 Å². The van der Waals surface area contributed by atoms with Crippen LogP contribution in [-0.2, 0) is 5.41 Å². The van der Waals surface area contributed by atoms with Crippen LogP contribution in [-0.4, -0.2) is 55.4 Å². The molecule has 1 aliphatic rings. The summed E-state index contributed by atoms with van der Waals surface area (Å²) in [7, 11) is 0. The summed E-state index contributed by atoms with van der Waals surface area (Å²) in [5.41, 5.74) is 0.707. The number of rotatable bonds is 10. The van der Waals surface area contributed by atoms with E-state index in [-0.39, 0.29) is 36.5 Å². The Balaban J connectivity index is 1.38. The van der Waals surface area contributed by atoms with E-state index >= 15 is 0 Å². The van der Waals surface area contributed by atoms with E-state index in [4.69, 9.17) is 5.11 Å². The van der Waals surface area contributed by atoms with Crippen molar-refractivity contribution >= 4 is 22.9 Å². The smallest absolute Gasteiger partial charge is 0.174 e. The first-order chi connectivity index (χ1) is 15.5. The Morgan fingerprint density at radius 3 is 2.75 bits per heavy atom. The number of pyridine rings is 1. The third-order valence-electron chi connectivity index (χ3n) is 5.76. The molecule has 3 heterocycles. The number of carbonyl (C=O) groups is 1. The minimum atomic E-state index is -0.898. The first-order valence-electron chi connectivity index (χ1n) is 10.5. The molecule has 1 saturated carbocycles. The van der Waals surface area contributed by atoms with Gasteiger partial charge in [-0.2, -0.15) is 0 Å². The molecular weight excluding hydrogens is 433 g/mol. The Morgan fingerprint density at radius 2 is 2.09 bits per heavy atom. The van der Waals surface area contributed by atoms with Gasteiger partial charge in [0.1, 0.15) is 22.3 Å².